The van der Waals surface area contributed by atoms with Crippen LogP contribution in [0.5, 0.6) is 0 Å². The van der Waals surface area contributed by atoms with Gasteiger partial charge in [0.1, 0.15) is 0 Å². The van der Waals surface area contributed by atoms with E-state index in [0.29, 0.717) is 30.1 Å². The third kappa shape index (κ3) is 5.46. The molecule has 3 N–H and O–H groups in total. The van der Waals surface area contributed by atoms with Gasteiger partial charge in [-0.15, -0.1) is 0 Å². The summed E-state index contributed by atoms with van der Waals surface area (Å²) in [5, 5.41) is 9.57. The third-order valence-electron chi connectivity index (χ3n) is 4.90. The SMILES string of the molecule is CCNC(=NCc1ccc(C(=O)NC)cc1)NC1CN(C(C)C)CC1C. The third-order valence-corrected chi connectivity index (χ3v) is 4.90. The van der Waals surface area contributed by atoms with Gasteiger partial charge in [0.25, 0.3) is 5.91 Å². The van der Waals surface area contributed by atoms with Crippen molar-refractivity contribution in [3.8, 4) is 0 Å². The molecular formula is C20H33N5O. The average Bonchev–Trinajstić information content (AvgIpc) is 3.00. The highest BCUT2D eigenvalue weighted by Gasteiger charge is 2.31. The van der Waals surface area contributed by atoms with Crippen molar-refractivity contribution in [3.05, 3.63) is 35.4 Å². The van der Waals surface area contributed by atoms with Crippen molar-refractivity contribution in [1.29, 1.82) is 0 Å². The summed E-state index contributed by atoms with van der Waals surface area (Å²) in [5.41, 5.74) is 1.75. The van der Waals surface area contributed by atoms with Gasteiger partial charge in [-0.25, -0.2) is 4.99 Å². The van der Waals surface area contributed by atoms with Crippen molar-refractivity contribution >= 4 is 11.9 Å². The first-order valence-electron chi connectivity index (χ1n) is 9.54. The molecule has 2 atom stereocenters. The number of amides is 1. The van der Waals surface area contributed by atoms with Crippen LogP contribution in [-0.2, 0) is 6.54 Å². The van der Waals surface area contributed by atoms with Crippen LogP contribution in [0.15, 0.2) is 29.3 Å². The van der Waals surface area contributed by atoms with E-state index in [1.54, 1.807) is 7.05 Å². The molecule has 1 aliphatic heterocycles. The number of hydrogen-bond donors (Lipinski definition) is 3. The average molecular weight is 360 g/mol. The van der Waals surface area contributed by atoms with E-state index in [1.807, 2.05) is 24.3 Å². The predicted molar refractivity (Wildman–Crippen MR) is 107 cm³/mol. The quantitative estimate of drug-likeness (QED) is 0.535. The van der Waals surface area contributed by atoms with Gasteiger partial charge in [0.05, 0.1) is 6.54 Å². The Morgan fingerprint density at radius 3 is 2.50 bits per heavy atom. The van der Waals surface area contributed by atoms with Crippen LogP contribution in [0, 0.1) is 5.92 Å². The van der Waals surface area contributed by atoms with E-state index in [9.17, 15) is 4.79 Å². The number of guanidine groups is 1. The van der Waals surface area contributed by atoms with Crippen molar-refractivity contribution in [3.63, 3.8) is 0 Å². The molecule has 0 aromatic heterocycles. The number of carbonyl (C=O) groups excluding carboxylic acids is 1. The first kappa shape index (κ1) is 20.2. The van der Waals surface area contributed by atoms with Crippen LogP contribution in [0.4, 0.5) is 0 Å². The minimum Gasteiger partial charge on any atom is -0.357 e. The van der Waals surface area contributed by atoms with E-state index in [2.05, 4.69) is 48.5 Å². The number of carbonyl (C=O) groups is 1. The Bertz CT molecular complexity index is 611. The molecule has 2 unspecified atom stereocenters. The molecule has 1 saturated heterocycles. The number of benzene rings is 1. The summed E-state index contributed by atoms with van der Waals surface area (Å²) in [6.07, 6.45) is 0. The second kappa shape index (κ2) is 9.57. The fourth-order valence-electron chi connectivity index (χ4n) is 3.19. The summed E-state index contributed by atoms with van der Waals surface area (Å²) >= 11 is 0. The Hall–Kier alpha value is -2.08. The zero-order valence-corrected chi connectivity index (χ0v) is 16.7. The van der Waals surface area contributed by atoms with Gasteiger partial charge in [0.2, 0.25) is 0 Å². The van der Waals surface area contributed by atoms with Crippen molar-refractivity contribution in [2.45, 2.75) is 46.3 Å². The molecule has 0 aliphatic carbocycles. The standard InChI is InChI=1S/C20H33N5O/c1-6-22-20(24-18-13-25(14(2)3)12-15(18)4)23-11-16-7-9-17(10-8-16)19(26)21-5/h7-10,14-15,18H,6,11-13H2,1-5H3,(H,21,26)(H2,22,23,24). The normalized spacial score (nSPS) is 21.1. The number of likely N-dealkylation sites (tertiary alicyclic amines) is 1. The van der Waals surface area contributed by atoms with Crippen LogP contribution in [0.1, 0.15) is 43.6 Å². The first-order chi connectivity index (χ1) is 12.4. The molecule has 0 saturated carbocycles. The number of hydrogen-bond acceptors (Lipinski definition) is 3. The summed E-state index contributed by atoms with van der Waals surface area (Å²) in [4.78, 5) is 18.8. The first-order valence-corrected chi connectivity index (χ1v) is 9.54. The maximum atomic E-state index is 11.6. The molecule has 1 aromatic carbocycles. The molecule has 0 radical (unpaired) electrons. The summed E-state index contributed by atoms with van der Waals surface area (Å²) in [7, 11) is 1.64. The lowest BCUT2D eigenvalue weighted by molar-refractivity contribution is 0.0963. The second-order valence-electron chi connectivity index (χ2n) is 7.25. The van der Waals surface area contributed by atoms with Crippen molar-refractivity contribution in [1.82, 2.24) is 20.9 Å². The van der Waals surface area contributed by atoms with Crippen LogP contribution in [0.25, 0.3) is 0 Å². The van der Waals surface area contributed by atoms with Gasteiger partial charge >= 0.3 is 0 Å². The lowest BCUT2D eigenvalue weighted by Gasteiger charge is -2.22. The Morgan fingerprint density at radius 1 is 1.27 bits per heavy atom. The smallest absolute Gasteiger partial charge is 0.251 e. The molecule has 144 valence electrons. The fraction of sp³-hybridized carbons (Fsp3) is 0.600. The summed E-state index contributed by atoms with van der Waals surface area (Å²) in [5.74, 6) is 1.37. The minimum absolute atomic E-state index is 0.0695. The maximum absolute atomic E-state index is 11.6. The fourth-order valence-corrected chi connectivity index (χ4v) is 3.19. The Kier molecular flexibility index (Phi) is 7.45. The summed E-state index contributed by atoms with van der Waals surface area (Å²) < 4.78 is 0. The van der Waals surface area contributed by atoms with E-state index in [1.165, 1.54) is 0 Å². The number of nitrogens with one attached hydrogen (secondary N) is 3. The highest BCUT2D eigenvalue weighted by Crippen LogP contribution is 2.18. The highest BCUT2D eigenvalue weighted by atomic mass is 16.1. The molecule has 1 amide bonds. The number of rotatable bonds is 6. The highest BCUT2D eigenvalue weighted by molar-refractivity contribution is 5.93. The van der Waals surface area contributed by atoms with E-state index < -0.39 is 0 Å². The molecule has 6 heteroatoms. The molecule has 0 spiro atoms. The van der Waals surface area contributed by atoms with Gasteiger partial charge < -0.3 is 16.0 Å². The van der Waals surface area contributed by atoms with E-state index in [0.717, 1.165) is 31.2 Å². The Morgan fingerprint density at radius 2 is 1.96 bits per heavy atom. The summed E-state index contributed by atoms with van der Waals surface area (Å²) in [6.45, 7) is 12.4. The minimum atomic E-state index is -0.0695. The van der Waals surface area contributed by atoms with Crippen LogP contribution >= 0.6 is 0 Å². The molecule has 26 heavy (non-hydrogen) atoms. The molecular weight excluding hydrogens is 326 g/mol. The lowest BCUT2D eigenvalue weighted by Crippen LogP contribution is -2.46. The van der Waals surface area contributed by atoms with Crippen LogP contribution in [0.3, 0.4) is 0 Å². The van der Waals surface area contributed by atoms with Crippen molar-refractivity contribution < 1.29 is 4.79 Å². The predicted octanol–water partition coefficient (Wildman–Crippen LogP) is 1.83. The Labute approximate surface area is 157 Å². The molecule has 6 nitrogen and oxygen atoms in total. The van der Waals surface area contributed by atoms with Crippen LogP contribution in [-0.4, -0.2) is 55.5 Å². The second-order valence-corrected chi connectivity index (χ2v) is 7.25. The number of nitrogens with zero attached hydrogens (tertiary/aromatic N) is 2. The van der Waals surface area contributed by atoms with Gasteiger partial charge in [0, 0.05) is 44.3 Å². The Balaban J connectivity index is 1.99. The van der Waals surface area contributed by atoms with Crippen LogP contribution in [0.2, 0.25) is 0 Å². The van der Waals surface area contributed by atoms with E-state index in [4.69, 9.17) is 4.99 Å². The van der Waals surface area contributed by atoms with Gasteiger partial charge in [-0.2, -0.15) is 0 Å². The monoisotopic (exact) mass is 359 g/mol. The molecule has 1 aliphatic rings. The van der Waals surface area contributed by atoms with Crippen molar-refractivity contribution in [2.75, 3.05) is 26.7 Å². The molecule has 1 fully saturated rings. The van der Waals surface area contributed by atoms with Gasteiger partial charge in [-0.1, -0.05) is 19.1 Å². The van der Waals surface area contributed by atoms with Gasteiger partial charge in [-0.05, 0) is 44.4 Å². The largest absolute Gasteiger partial charge is 0.357 e. The van der Waals surface area contributed by atoms with Crippen LogP contribution < -0.4 is 16.0 Å². The summed E-state index contributed by atoms with van der Waals surface area (Å²) in [6, 6.07) is 8.56. The lowest BCUT2D eigenvalue weighted by atomic mass is 10.1. The molecule has 2 rings (SSSR count). The topological polar surface area (TPSA) is 68.8 Å². The molecule has 0 bridgehead atoms. The zero-order chi connectivity index (χ0) is 19.1. The molecule has 1 aromatic rings. The zero-order valence-electron chi connectivity index (χ0n) is 16.7. The molecule has 1 heterocycles. The van der Waals surface area contributed by atoms with E-state index >= 15 is 0 Å². The van der Waals surface area contributed by atoms with Gasteiger partial charge in [-0.3, -0.25) is 9.69 Å². The maximum Gasteiger partial charge on any atom is 0.251 e. The van der Waals surface area contributed by atoms with Gasteiger partial charge in [0.15, 0.2) is 5.96 Å². The van der Waals surface area contributed by atoms with E-state index in [-0.39, 0.29) is 5.91 Å². The van der Waals surface area contributed by atoms with Crippen molar-refractivity contribution in [2.24, 2.45) is 10.9 Å². The number of aliphatic imine (C=N–C) groups is 1.